The Hall–Kier alpha value is -0.610. The van der Waals surface area contributed by atoms with Crippen LogP contribution in [0.3, 0.4) is 0 Å². The van der Waals surface area contributed by atoms with Gasteiger partial charge in [0.15, 0.2) is 0 Å². The lowest BCUT2D eigenvalue weighted by molar-refractivity contribution is -0.227. The summed E-state index contributed by atoms with van der Waals surface area (Å²) in [7, 11) is 0. The van der Waals surface area contributed by atoms with E-state index in [0.29, 0.717) is 6.42 Å². The monoisotopic (exact) mass is 329 g/mol. The van der Waals surface area contributed by atoms with Gasteiger partial charge >= 0.3 is 5.97 Å². The topological polar surface area (TPSA) is 61.5 Å². The summed E-state index contributed by atoms with van der Waals surface area (Å²) >= 11 is 0. The number of carbonyl (C=O) groups excluding carboxylic acids is 1. The summed E-state index contributed by atoms with van der Waals surface area (Å²) < 4.78 is 11.7. The summed E-state index contributed by atoms with van der Waals surface area (Å²) in [5.41, 5.74) is 4.48. The highest BCUT2D eigenvalue weighted by Gasteiger charge is 2.49. The Balaban J connectivity index is 5.54. The number of carbonyl (C=O) groups is 1. The van der Waals surface area contributed by atoms with Crippen molar-refractivity contribution in [1.82, 2.24) is 0 Å². The molecule has 138 valence electrons. The maximum Gasteiger partial charge on any atom is 0.314 e. The van der Waals surface area contributed by atoms with Crippen molar-refractivity contribution < 1.29 is 14.3 Å². The van der Waals surface area contributed by atoms with E-state index in [9.17, 15) is 4.79 Å². The highest BCUT2D eigenvalue weighted by Crippen LogP contribution is 2.45. The van der Waals surface area contributed by atoms with Crippen LogP contribution in [0.1, 0.15) is 82.6 Å². The standard InChI is InChI=1S/C19H39NO3/c1-13(2)22-15(16(3,4)5)23-14(21)19(11,17(6,7)8)12-18(9,10)20/h13,15H,12,20H2,1-11H3. The second kappa shape index (κ2) is 7.10. The van der Waals surface area contributed by atoms with Gasteiger partial charge in [-0.25, -0.2) is 0 Å². The van der Waals surface area contributed by atoms with Crippen LogP contribution in [0, 0.1) is 16.2 Å². The molecule has 0 amide bonds. The quantitative estimate of drug-likeness (QED) is 0.575. The molecule has 4 heteroatoms. The van der Waals surface area contributed by atoms with Crippen molar-refractivity contribution >= 4 is 5.97 Å². The molecular weight excluding hydrogens is 290 g/mol. The first kappa shape index (κ1) is 22.4. The molecule has 0 fully saturated rings. The van der Waals surface area contributed by atoms with Crippen molar-refractivity contribution in [3.8, 4) is 0 Å². The van der Waals surface area contributed by atoms with E-state index in [-0.39, 0.29) is 22.9 Å². The normalized spacial score (nSPS) is 17.8. The van der Waals surface area contributed by atoms with Gasteiger partial charge in [-0.3, -0.25) is 4.79 Å². The molecule has 0 aromatic heterocycles. The maximum absolute atomic E-state index is 13.1. The molecule has 0 aliphatic heterocycles. The third-order valence-corrected chi connectivity index (χ3v) is 4.23. The fraction of sp³-hybridized carbons (Fsp3) is 0.947. The van der Waals surface area contributed by atoms with Crippen molar-refractivity contribution in [2.24, 2.45) is 22.0 Å². The maximum atomic E-state index is 13.1. The van der Waals surface area contributed by atoms with Gasteiger partial charge in [-0.05, 0) is 46.5 Å². The first-order chi connectivity index (χ1) is 9.90. The highest BCUT2D eigenvalue weighted by atomic mass is 16.7. The van der Waals surface area contributed by atoms with Crippen LogP contribution in [0.15, 0.2) is 0 Å². The average molecular weight is 330 g/mol. The number of rotatable bonds is 6. The van der Waals surface area contributed by atoms with Crippen LogP contribution in [0.4, 0.5) is 0 Å². The summed E-state index contributed by atoms with van der Waals surface area (Å²) in [4.78, 5) is 13.1. The molecular formula is C19H39NO3. The molecule has 23 heavy (non-hydrogen) atoms. The zero-order valence-electron chi connectivity index (χ0n) is 17.2. The first-order valence-corrected chi connectivity index (χ1v) is 8.55. The molecule has 0 aromatic carbocycles. The highest BCUT2D eigenvalue weighted by molar-refractivity contribution is 5.77. The Kier molecular flexibility index (Phi) is 6.91. The van der Waals surface area contributed by atoms with E-state index in [0.717, 1.165) is 0 Å². The molecule has 0 saturated carbocycles. The third-order valence-electron chi connectivity index (χ3n) is 4.23. The molecule has 2 atom stereocenters. The SMILES string of the molecule is CC(C)OC(OC(=O)C(C)(CC(C)(C)N)C(C)(C)C)C(C)(C)C. The van der Waals surface area contributed by atoms with Crippen LogP contribution in [-0.4, -0.2) is 23.9 Å². The molecule has 2 unspecified atom stereocenters. The van der Waals surface area contributed by atoms with E-state index in [4.69, 9.17) is 15.2 Å². The largest absolute Gasteiger partial charge is 0.435 e. The Morgan fingerprint density at radius 2 is 1.39 bits per heavy atom. The average Bonchev–Trinajstić information content (AvgIpc) is 2.21. The molecule has 2 N–H and O–H groups in total. The molecule has 0 aliphatic carbocycles. The fourth-order valence-corrected chi connectivity index (χ4v) is 2.44. The van der Waals surface area contributed by atoms with Gasteiger partial charge in [0.2, 0.25) is 6.29 Å². The Morgan fingerprint density at radius 3 is 1.65 bits per heavy atom. The second-order valence-electron chi connectivity index (χ2n) is 10.0. The van der Waals surface area contributed by atoms with Gasteiger partial charge in [0, 0.05) is 11.0 Å². The van der Waals surface area contributed by atoms with Crippen molar-refractivity contribution in [3.05, 3.63) is 0 Å². The van der Waals surface area contributed by atoms with E-state index in [2.05, 4.69) is 20.8 Å². The van der Waals surface area contributed by atoms with Crippen LogP contribution in [-0.2, 0) is 14.3 Å². The smallest absolute Gasteiger partial charge is 0.314 e. The molecule has 4 nitrogen and oxygen atoms in total. The molecule has 0 rings (SSSR count). The van der Waals surface area contributed by atoms with Crippen LogP contribution < -0.4 is 5.73 Å². The molecule has 0 bridgehead atoms. The van der Waals surface area contributed by atoms with Gasteiger partial charge in [0.1, 0.15) is 0 Å². The molecule has 0 aromatic rings. The molecule has 0 aliphatic rings. The summed E-state index contributed by atoms with van der Waals surface area (Å²) in [5.74, 6) is -0.246. The van der Waals surface area contributed by atoms with E-state index in [1.807, 2.05) is 55.4 Å². The van der Waals surface area contributed by atoms with Gasteiger partial charge in [-0.2, -0.15) is 0 Å². The summed E-state index contributed by atoms with van der Waals surface area (Å²) in [6.45, 7) is 21.9. The first-order valence-electron chi connectivity index (χ1n) is 8.55. The number of ether oxygens (including phenoxy) is 2. The minimum Gasteiger partial charge on any atom is -0.435 e. The lowest BCUT2D eigenvalue weighted by atomic mass is 9.63. The lowest BCUT2D eigenvalue weighted by Gasteiger charge is -2.44. The van der Waals surface area contributed by atoms with Crippen molar-refractivity contribution in [3.63, 3.8) is 0 Å². The molecule has 0 saturated heterocycles. The number of esters is 1. The Morgan fingerprint density at radius 1 is 0.957 bits per heavy atom. The van der Waals surface area contributed by atoms with Crippen LogP contribution in [0.2, 0.25) is 0 Å². The summed E-state index contributed by atoms with van der Waals surface area (Å²) in [5, 5.41) is 0. The molecule has 0 heterocycles. The predicted molar refractivity (Wildman–Crippen MR) is 96.0 cm³/mol. The Labute approximate surface area is 143 Å². The van der Waals surface area contributed by atoms with Gasteiger partial charge in [-0.1, -0.05) is 41.5 Å². The zero-order chi connectivity index (χ0) is 18.9. The number of nitrogens with two attached hydrogens (primary N) is 1. The van der Waals surface area contributed by atoms with Crippen molar-refractivity contribution in [2.75, 3.05) is 0 Å². The van der Waals surface area contributed by atoms with Crippen LogP contribution >= 0.6 is 0 Å². The molecule has 0 spiro atoms. The fourth-order valence-electron chi connectivity index (χ4n) is 2.44. The van der Waals surface area contributed by atoms with E-state index < -0.39 is 17.2 Å². The van der Waals surface area contributed by atoms with E-state index >= 15 is 0 Å². The lowest BCUT2D eigenvalue weighted by Crippen LogP contribution is -2.51. The summed E-state index contributed by atoms with van der Waals surface area (Å²) in [6.07, 6.45) is -0.0580. The summed E-state index contributed by atoms with van der Waals surface area (Å²) in [6, 6.07) is 0. The van der Waals surface area contributed by atoms with E-state index in [1.54, 1.807) is 0 Å². The minimum atomic E-state index is -0.699. The number of hydrogen-bond donors (Lipinski definition) is 1. The zero-order valence-corrected chi connectivity index (χ0v) is 17.2. The van der Waals surface area contributed by atoms with E-state index in [1.165, 1.54) is 0 Å². The predicted octanol–water partition coefficient (Wildman–Crippen LogP) is 4.51. The second-order valence-corrected chi connectivity index (χ2v) is 10.0. The van der Waals surface area contributed by atoms with Crippen molar-refractivity contribution in [2.45, 2.75) is 101 Å². The Bertz CT molecular complexity index is 396. The van der Waals surface area contributed by atoms with Gasteiger partial charge in [0.25, 0.3) is 0 Å². The van der Waals surface area contributed by atoms with Crippen molar-refractivity contribution in [1.29, 1.82) is 0 Å². The van der Waals surface area contributed by atoms with Gasteiger partial charge < -0.3 is 15.2 Å². The van der Waals surface area contributed by atoms with Gasteiger partial charge in [-0.15, -0.1) is 0 Å². The third kappa shape index (κ3) is 6.80. The number of hydrogen-bond acceptors (Lipinski definition) is 4. The van der Waals surface area contributed by atoms with Crippen LogP contribution in [0.5, 0.6) is 0 Å². The minimum absolute atomic E-state index is 0.0149. The molecule has 0 radical (unpaired) electrons. The van der Waals surface area contributed by atoms with Crippen LogP contribution in [0.25, 0.3) is 0 Å². The van der Waals surface area contributed by atoms with Gasteiger partial charge in [0.05, 0.1) is 11.5 Å².